The van der Waals surface area contributed by atoms with Crippen molar-refractivity contribution in [1.29, 1.82) is 0 Å². The van der Waals surface area contributed by atoms with Gasteiger partial charge in [0.05, 0.1) is 5.69 Å². The summed E-state index contributed by atoms with van der Waals surface area (Å²) in [7, 11) is 0. The van der Waals surface area contributed by atoms with E-state index in [-0.39, 0.29) is 5.92 Å². The summed E-state index contributed by atoms with van der Waals surface area (Å²) >= 11 is 0. The number of carbonyl (C=O) groups is 1. The average Bonchev–Trinajstić information content (AvgIpc) is 3.05. The Balaban J connectivity index is 1.39. The van der Waals surface area contributed by atoms with E-state index in [0.29, 0.717) is 5.91 Å². The molecule has 3 heterocycles. The summed E-state index contributed by atoms with van der Waals surface area (Å²) in [6.45, 7) is 1.60. The van der Waals surface area contributed by atoms with Crippen molar-refractivity contribution in [2.24, 2.45) is 5.92 Å². The molecule has 4 heteroatoms. The van der Waals surface area contributed by atoms with E-state index < -0.39 is 0 Å². The highest BCUT2D eigenvalue weighted by Crippen LogP contribution is 2.29. The van der Waals surface area contributed by atoms with E-state index in [4.69, 9.17) is 4.98 Å². The summed E-state index contributed by atoms with van der Waals surface area (Å²) in [5, 5.41) is 0. The van der Waals surface area contributed by atoms with Gasteiger partial charge in [-0.25, -0.2) is 4.98 Å². The molecular formula is C21H21N3O. The number of fused-ring (bicyclic) bond motifs is 4. The molecule has 0 fully saturated rings. The Kier molecular flexibility index (Phi) is 3.37. The molecule has 1 aliphatic carbocycles. The van der Waals surface area contributed by atoms with Crippen LogP contribution in [0.25, 0.3) is 5.65 Å². The van der Waals surface area contributed by atoms with Crippen LogP contribution in [0.2, 0.25) is 0 Å². The highest BCUT2D eigenvalue weighted by Gasteiger charge is 2.32. The Bertz CT molecular complexity index is 959. The largest absolute Gasteiger partial charge is 0.338 e. The molecule has 0 bridgehead atoms. The van der Waals surface area contributed by atoms with E-state index in [9.17, 15) is 4.79 Å². The molecule has 5 rings (SSSR count). The molecule has 2 aromatic heterocycles. The van der Waals surface area contributed by atoms with Gasteiger partial charge in [0.25, 0.3) is 0 Å². The normalized spacial score (nSPS) is 19.5. The van der Waals surface area contributed by atoms with Gasteiger partial charge in [0, 0.05) is 37.3 Å². The number of rotatable bonds is 1. The number of imidazole rings is 1. The zero-order valence-electron chi connectivity index (χ0n) is 14.2. The Labute approximate surface area is 147 Å². The SMILES string of the molecule is O=C(C1CCc2nc3ccccn3c2C1)N1CCc2ccccc2C1. The third-order valence-electron chi connectivity index (χ3n) is 5.67. The first-order chi connectivity index (χ1) is 12.3. The summed E-state index contributed by atoms with van der Waals surface area (Å²) < 4.78 is 2.15. The molecule has 1 unspecified atom stereocenters. The van der Waals surface area contributed by atoms with Crippen LogP contribution in [-0.2, 0) is 30.6 Å². The third kappa shape index (κ3) is 2.44. The van der Waals surface area contributed by atoms with Gasteiger partial charge in [0.1, 0.15) is 5.65 Å². The van der Waals surface area contributed by atoms with Crippen LogP contribution in [0.3, 0.4) is 0 Å². The predicted octanol–water partition coefficient (Wildman–Crippen LogP) is 3.02. The smallest absolute Gasteiger partial charge is 0.226 e. The van der Waals surface area contributed by atoms with Crippen LogP contribution in [0, 0.1) is 5.92 Å². The van der Waals surface area contributed by atoms with Crippen molar-refractivity contribution in [2.45, 2.75) is 32.2 Å². The molecule has 1 atom stereocenters. The summed E-state index contributed by atoms with van der Waals surface area (Å²) in [5.74, 6) is 0.393. The van der Waals surface area contributed by atoms with E-state index in [1.54, 1.807) is 0 Å². The molecule has 2 aliphatic rings. The molecule has 0 spiro atoms. The minimum absolute atomic E-state index is 0.0814. The molecule has 1 aromatic carbocycles. The fourth-order valence-corrected chi connectivity index (χ4v) is 4.31. The second kappa shape index (κ2) is 5.73. The molecule has 0 saturated carbocycles. The van der Waals surface area contributed by atoms with E-state index in [1.165, 1.54) is 22.5 Å². The minimum atomic E-state index is 0.0814. The van der Waals surface area contributed by atoms with Gasteiger partial charge in [-0.3, -0.25) is 4.79 Å². The fourth-order valence-electron chi connectivity index (χ4n) is 4.31. The summed E-state index contributed by atoms with van der Waals surface area (Å²) in [4.78, 5) is 19.9. The quantitative estimate of drug-likeness (QED) is 0.687. The van der Waals surface area contributed by atoms with Crippen LogP contribution in [-0.4, -0.2) is 26.7 Å². The first-order valence-corrected chi connectivity index (χ1v) is 9.10. The Morgan fingerprint density at radius 1 is 1.04 bits per heavy atom. The number of benzene rings is 1. The van der Waals surface area contributed by atoms with Crippen molar-refractivity contribution < 1.29 is 4.79 Å². The van der Waals surface area contributed by atoms with E-state index in [0.717, 1.165) is 44.4 Å². The molecule has 0 saturated heterocycles. The van der Waals surface area contributed by atoms with Gasteiger partial charge in [-0.05, 0) is 42.5 Å². The lowest BCUT2D eigenvalue weighted by molar-refractivity contribution is -0.136. The van der Waals surface area contributed by atoms with Crippen LogP contribution in [0.1, 0.15) is 28.9 Å². The zero-order chi connectivity index (χ0) is 16.8. The highest BCUT2D eigenvalue weighted by molar-refractivity contribution is 5.80. The Morgan fingerprint density at radius 2 is 1.88 bits per heavy atom. The number of hydrogen-bond acceptors (Lipinski definition) is 2. The maximum absolute atomic E-state index is 13.1. The van der Waals surface area contributed by atoms with Crippen LogP contribution < -0.4 is 0 Å². The lowest BCUT2D eigenvalue weighted by atomic mass is 9.87. The number of carbonyl (C=O) groups excluding carboxylic acids is 1. The summed E-state index contributed by atoms with van der Waals surface area (Å²) in [6.07, 6.45) is 5.64. The van der Waals surface area contributed by atoms with Gasteiger partial charge in [-0.1, -0.05) is 30.3 Å². The maximum atomic E-state index is 13.1. The molecule has 1 amide bonds. The van der Waals surface area contributed by atoms with Crippen LogP contribution in [0.4, 0.5) is 0 Å². The van der Waals surface area contributed by atoms with E-state index in [1.807, 2.05) is 18.2 Å². The van der Waals surface area contributed by atoms with Crippen molar-refractivity contribution >= 4 is 11.6 Å². The average molecular weight is 331 g/mol. The standard InChI is InChI=1S/C21H21N3O/c25-21(23-12-10-15-5-1-2-6-17(15)14-23)16-8-9-18-19(13-16)24-11-4-3-7-20(24)22-18/h1-7,11,16H,8-10,12-14H2. The highest BCUT2D eigenvalue weighted by atomic mass is 16.2. The maximum Gasteiger partial charge on any atom is 0.226 e. The molecule has 0 radical (unpaired) electrons. The van der Waals surface area contributed by atoms with Crippen molar-refractivity contribution in [2.75, 3.05) is 6.54 Å². The predicted molar refractivity (Wildman–Crippen MR) is 96.3 cm³/mol. The second-order valence-electron chi connectivity index (χ2n) is 7.15. The first-order valence-electron chi connectivity index (χ1n) is 9.10. The molecule has 3 aromatic rings. The molecule has 1 aliphatic heterocycles. The Morgan fingerprint density at radius 3 is 2.80 bits per heavy atom. The minimum Gasteiger partial charge on any atom is -0.338 e. The number of hydrogen-bond donors (Lipinski definition) is 0. The van der Waals surface area contributed by atoms with Gasteiger partial charge in [0.15, 0.2) is 0 Å². The van der Waals surface area contributed by atoms with E-state index in [2.05, 4.69) is 39.8 Å². The van der Waals surface area contributed by atoms with Gasteiger partial charge < -0.3 is 9.30 Å². The van der Waals surface area contributed by atoms with Gasteiger partial charge in [0.2, 0.25) is 5.91 Å². The third-order valence-corrected chi connectivity index (χ3v) is 5.67. The van der Waals surface area contributed by atoms with Crippen molar-refractivity contribution in [1.82, 2.24) is 14.3 Å². The fraction of sp³-hybridized carbons (Fsp3) is 0.333. The van der Waals surface area contributed by atoms with Crippen molar-refractivity contribution in [3.05, 3.63) is 71.2 Å². The van der Waals surface area contributed by atoms with Crippen molar-refractivity contribution in [3.8, 4) is 0 Å². The lowest BCUT2D eigenvalue weighted by Gasteiger charge is -2.33. The number of pyridine rings is 1. The molecule has 4 nitrogen and oxygen atoms in total. The topological polar surface area (TPSA) is 37.6 Å². The van der Waals surface area contributed by atoms with Gasteiger partial charge >= 0.3 is 0 Å². The molecule has 25 heavy (non-hydrogen) atoms. The first kappa shape index (κ1) is 14.7. The number of aromatic nitrogens is 2. The number of amides is 1. The molecule has 0 N–H and O–H groups in total. The van der Waals surface area contributed by atoms with Gasteiger partial charge in [-0.15, -0.1) is 0 Å². The number of nitrogens with zero attached hydrogens (tertiary/aromatic N) is 3. The van der Waals surface area contributed by atoms with E-state index >= 15 is 0 Å². The zero-order valence-corrected chi connectivity index (χ0v) is 14.2. The van der Waals surface area contributed by atoms with Crippen LogP contribution >= 0.6 is 0 Å². The second-order valence-corrected chi connectivity index (χ2v) is 7.15. The molecule has 126 valence electrons. The summed E-state index contributed by atoms with van der Waals surface area (Å²) in [5.41, 5.74) is 6.07. The summed E-state index contributed by atoms with van der Waals surface area (Å²) in [6, 6.07) is 14.6. The Hall–Kier alpha value is -2.62. The van der Waals surface area contributed by atoms with Crippen LogP contribution in [0.15, 0.2) is 48.7 Å². The number of aryl methyl sites for hydroxylation is 1. The van der Waals surface area contributed by atoms with Crippen molar-refractivity contribution in [3.63, 3.8) is 0 Å². The molecular weight excluding hydrogens is 310 g/mol. The van der Waals surface area contributed by atoms with Gasteiger partial charge in [-0.2, -0.15) is 0 Å². The van der Waals surface area contributed by atoms with Crippen LogP contribution in [0.5, 0.6) is 0 Å². The monoisotopic (exact) mass is 331 g/mol. The lowest BCUT2D eigenvalue weighted by Crippen LogP contribution is -2.41.